The summed E-state index contributed by atoms with van der Waals surface area (Å²) in [5, 5.41) is 10.8. The lowest BCUT2D eigenvalue weighted by molar-refractivity contribution is -0.141. The Bertz CT molecular complexity index is 633. The minimum atomic E-state index is -0.937. The molecule has 0 saturated heterocycles. The molecule has 0 radical (unpaired) electrons. The molecule has 0 fully saturated rings. The molecule has 0 aromatic heterocycles. The molecule has 112 valence electrons. The van der Waals surface area contributed by atoms with Crippen LogP contribution in [0.1, 0.15) is 25.5 Å². The van der Waals surface area contributed by atoms with E-state index in [1.54, 1.807) is 30.0 Å². The molecule has 0 bridgehead atoms. The van der Waals surface area contributed by atoms with E-state index in [0.29, 0.717) is 27.4 Å². The van der Waals surface area contributed by atoms with Gasteiger partial charge in [-0.1, -0.05) is 29.3 Å². The fourth-order valence-electron chi connectivity index (χ4n) is 2.53. The average molecular weight is 345 g/mol. The SMILES string of the molecule is CCN1C(=S)N=C(C)C(C(=O)O)C1c1ccc(Cl)c(Cl)c1. The summed E-state index contributed by atoms with van der Waals surface area (Å²) in [7, 11) is 0. The third-order valence-corrected chi connectivity index (χ3v) is 4.58. The lowest BCUT2D eigenvalue weighted by Gasteiger charge is -2.39. The van der Waals surface area contributed by atoms with E-state index in [0.717, 1.165) is 5.56 Å². The highest BCUT2D eigenvalue weighted by molar-refractivity contribution is 7.80. The van der Waals surface area contributed by atoms with Gasteiger partial charge in [0.15, 0.2) is 5.11 Å². The number of aliphatic imine (C=N–C) groups is 1. The minimum Gasteiger partial charge on any atom is -0.481 e. The van der Waals surface area contributed by atoms with E-state index < -0.39 is 17.9 Å². The van der Waals surface area contributed by atoms with Crippen molar-refractivity contribution in [3.05, 3.63) is 33.8 Å². The molecule has 0 spiro atoms. The van der Waals surface area contributed by atoms with Crippen molar-refractivity contribution in [1.82, 2.24) is 4.90 Å². The first-order valence-electron chi connectivity index (χ1n) is 6.40. The number of aliphatic carboxylic acids is 1. The van der Waals surface area contributed by atoms with E-state index in [4.69, 9.17) is 35.4 Å². The molecule has 2 atom stereocenters. The Morgan fingerprint density at radius 3 is 2.62 bits per heavy atom. The molecular formula is C14H14Cl2N2O2S. The number of rotatable bonds is 3. The van der Waals surface area contributed by atoms with Gasteiger partial charge in [0, 0.05) is 12.3 Å². The van der Waals surface area contributed by atoms with Crippen LogP contribution in [-0.2, 0) is 4.79 Å². The Labute approximate surface area is 138 Å². The Morgan fingerprint density at radius 2 is 2.10 bits per heavy atom. The van der Waals surface area contributed by atoms with Gasteiger partial charge >= 0.3 is 5.97 Å². The second-order valence-corrected chi connectivity index (χ2v) is 5.94. The molecule has 1 aromatic carbocycles. The van der Waals surface area contributed by atoms with Crippen LogP contribution in [0.4, 0.5) is 0 Å². The smallest absolute Gasteiger partial charge is 0.314 e. The maximum Gasteiger partial charge on any atom is 0.314 e. The summed E-state index contributed by atoms with van der Waals surface area (Å²) in [6.45, 7) is 4.15. The maximum absolute atomic E-state index is 11.7. The second kappa shape index (κ2) is 6.30. The standard InChI is InChI=1S/C14H14Cl2N2O2S/c1-3-18-12(8-4-5-9(15)10(16)6-8)11(13(19)20)7(2)17-14(18)21/h4-6,11-12H,3H2,1-2H3,(H,19,20). The van der Waals surface area contributed by atoms with Crippen LogP contribution >= 0.6 is 35.4 Å². The van der Waals surface area contributed by atoms with E-state index in [1.807, 2.05) is 6.92 Å². The predicted molar refractivity (Wildman–Crippen MR) is 88.4 cm³/mol. The highest BCUT2D eigenvalue weighted by Crippen LogP contribution is 2.36. The zero-order valence-electron chi connectivity index (χ0n) is 11.5. The van der Waals surface area contributed by atoms with Crippen LogP contribution in [0.5, 0.6) is 0 Å². The Kier molecular flexibility index (Phi) is 4.86. The highest BCUT2D eigenvalue weighted by atomic mass is 35.5. The normalized spacial score (nSPS) is 22.2. The molecular weight excluding hydrogens is 331 g/mol. The predicted octanol–water partition coefficient (Wildman–Crippen LogP) is 3.82. The van der Waals surface area contributed by atoms with Crippen LogP contribution in [0.3, 0.4) is 0 Å². The molecule has 1 aromatic rings. The van der Waals surface area contributed by atoms with Crippen LogP contribution in [0.15, 0.2) is 23.2 Å². The summed E-state index contributed by atoms with van der Waals surface area (Å²) < 4.78 is 0. The molecule has 21 heavy (non-hydrogen) atoms. The third-order valence-electron chi connectivity index (χ3n) is 3.51. The molecule has 1 aliphatic heterocycles. The first-order chi connectivity index (χ1) is 9.86. The summed E-state index contributed by atoms with van der Waals surface area (Å²) in [5.41, 5.74) is 1.25. The second-order valence-electron chi connectivity index (χ2n) is 4.76. The minimum absolute atomic E-state index is 0.389. The summed E-state index contributed by atoms with van der Waals surface area (Å²) in [6, 6.07) is 4.69. The quantitative estimate of drug-likeness (QED) is 0.847. The third kappa shape index (κ3) is 3.05. The molecule has 0 amide bonds. The van der Waals surface area contributed by atoms with Crippen LogP contribution in [0, 0.1) is 5.92 Å². The van der Waals surface area contributed by atoms with Gasteiger partial charge in [-0.2, -0.15) is 0 Å². The topological polar surface area (TPSA) is 52.9 Å². The number of carboxylic acids is 1. The molecule has 0 aliphatic carbocycles. The van der Waals surface area contributed by atoms with Gasteiger partial charge in [-0.25, -0.2) is 4.99 Å². The van der Waals surface area contributed by atoms with Gasteiger partial charge in [0.05, 0.1) is 16.1 Å². The first-order valence-corrected chi connectivity index (χ1v) is 7.56. The number of halogens is 2. The molecule has 2 rings (SSSR count). The van der Waals surface area contributed by atoms with E-state index >= 15 is 0 Å². The van der Waals surface area contributed by atoms with Crippen molar-refractivity contribution in [3.8, 4) is 0 Å². The number of hydrogen-bond acceptors (Lipinski definition) is 2. The molecule has 2 unspecified atom stereocenters. The molecule has 1 aliphatic rings. The molecule has 1 heterocycles. The van der Waals surface area contributed by atoms with Gasteiger partial charge in [-0.3, -0.25) is 4.79 Å². The summed E-state index contributed by atoms with van der Waals surface area (Å²) in [5.74, 6) is -1.71. The first kappa shape index (κ1) is 16.2. The zero-order valence-corrected chi connectivity index (χ0v) is 13.8. The molecule has 0 saturated carbocycles. The monoisotopic (exact) mass is 344 g/mol. The van der Waals surface area contributed by atoms with Gasteiger partial charge < -0.3 is 10.0 Å². The number of benzene rings is 1. The van der Waals surface area contributed by atoms with Crippen LogP contribution in [-0.4, -0.2) is 33.3 Å². The van der Waals surface area contributed by atoms with Crippen molar-refractivity contribution in [2.24, 2.45) is 10.9 Å². The Hall–Kier alpha value is -1.17. The van der Waals surface area contributed by atoms with Gasteiger partial charge in [0.1, 0.15) is 5.92 Å². The molecule has 1 N–H and O–H groups in total. The van der Waals surface area contributed by atoms with Crippen molar-refractivity contribution in [1.29, 1.82) is 0 Å². The fourth-order valence-corrected chi connectivity index (χ4v) is 3.22. The zero-order chi connectivity index (χ0) is 15.7. The van der Waals surface area contributed by atoms with Crippen LogP contribution in [0.2, 0.25) is 10.0 Å². The Morgan fingerprint density at radius 1 is 1.43 bits per heavy atom. The number of carboxylic acid groups (broad SMARTS) is 1. The van der Waals surface area contributed by atoms with Crippen molar-refractivity contribution in [2.45, 2.75) is 19.9 Å². The van der Waals surface area contributed by atoms with Crippen LogP contribution < -0.4 is 0 Å². The van der Waals surface area contributed by atoms with Gasteiger partial charge in [0.2, 0.25) is 0 Å². The molecule has 7 heteroatoms. The van der Waals surface area contributed by atoms with Gasteiger partial charge in [0.25, 0.3) is 0 Å². The van der Waals surface area contributed by atoms with E-state index in [2.05, 4.69) is 4.99 Å². The number of nitrogens with zero attached hydrogens (tertiary/aromatic N) is 2. The van der Waals surface area contributed by atoms with E-state index in [9.17, 15) is 9.90 Å². The van der Waals surface area contributed by atoms with Gasteiger partial charge in [-0.15, -0.1) is 0 Å². The summed E-state index contributed by atoms with van der Waals surface area (Å²) >= 11 is 17.3. The number of carbonyl (C=O) groups is 1. The van der Waals surface area contributed by atoms with Crippen molar-refractivity contribution >= 4 is 52.2 Å². The lowest BCUT2D eigenvalue weighted by atomic mass is 9.87. The summed E-state index contributed by atoms with van der Waals surface area (Å²) in [6.07, 6.45) is 0. The maximum atomic E-state index is 11.7. The van der Waals surface area contributed by atoms with E-state index in [-0.39, 0.29) is 0 Å². The molecule has 4 nitrogen and oxygen atoms in total. The largest absolute Gasteiger partial charge is 0.481 e. The lowest BCUT2D eigenvalue weighted by Crippen LogP contribution is -2.46. The van der Waals surface area contributed by atoms with Crippen LogP contribution in [0.25, 0.3) is 0 Å². The highest BCUT2D eigenvalue weighted by Gasteiger charge is 2.40. The number of thiocarbonyl (C=S) groups is 1. The van der Waals surface area contributed by atoms with E-state index in [1.165, 1.54) is 0 Å². The van der Waals surface area contributed by atoms with Crippen molar-refractivity contribution < 1.29 is 9.90 Å². The summed E-state index contributed by atoms with van der Waals surface area (Å²) in [4.78, 5) is 17.6. The Balaban J connectivity index is 2.58. The number of hydrogen-bond donors (Lipinski definition) is 1. The van der Waals surface area contributed by atoms with Gasteiger partial charge in [-0.05, 0) is 43.8 Å². The van der Waals surface area contributed by atoms with Crippen molar-refractivity contribution in [3.63, 3.8) is 0 Å². The average Bonchev–Trinajstić information content (AvgIpc) is 2.40. The fraction of sp³-hybridized carbons (Fsp3) is 0.357. The van der Waals surface area contributed by atoms with Crippen molar-refractivity contribution in [2.75, 3.05) is 6.54 Å².